The van der Waals surface area contributed by atoms with Crippen molar-refractivity contribution in [3.8, 4) is 0 Å². The van der Waals surface area contributed by atoms with Gasteiger partial charge in [-0.15, -0.1) is 0 Å². The average molecular weight is 375 g/mol. The van der Waals surface area contributed by atoms with Crippen molar-refractivity contribution in [3.05, 3.63) is 64.7 Å². The highest BCUT2D eigenvalue weighted by molar-refractivity contribution is 7.89. The Kier molecular flexibility index (Phi) is 5.92. The number of nitrogens with zero attached hydrogens (tertiary/aromatic N) is 1. The van der Waals surface area contributed by atoms with Crippen LogP contribution in [0.1, 0.15) is 11.6 Å². The van der Waals surface area contributed by atoms with Crippen LogP contribution in [0.5, 0.6) is 0 Å². The van der Waals surface area contributed by atoms with Crippen molar-refractivity contribution in [1.82, 2.24) is 9.62 Å². The summed E-state index contributed by atoms with van der Waals surface area (Å²) in [6.07, 6.45) is 0. The molecule has 0 bridgehead atoms. The van der Waals surface area contributed by atoms with Gasteiger partial charge in [-0.2, -0.15) is 0 Å². The zero-order valence-electron chi connectivity index (χ0n) is 13.1. The smallest absolute Gasteiger partial charge is 0.242 e. The van der Waals surface area contributed by atoms with Gasteiger partial charge in [-0.25, -0.2) is 21.9 Å². The predicted molar refractivity (Wildman–Crippen MR) is 89.4 cm³/mol. The second-order valence-corrected chi connectivity index (χ2v) is 7.60. The van der Waals surface area contributed by atoms with E-state index in [-0.39, 0.29) is 22.5 Å². The minimum absolute atomic E-state index is 0.00644. The number of nitrogens with one attached hydrogen (secondary N) is 1. The Labute approximate surface area is 145 Å². The lowest BCUT2D eigenvalue weighted by Gasteiger charge is -2.25. The summed E-state index contributed by atoms with van der Waals surface area (Å²) < 4.78 is 53.7. The molecule has 0 saturated heterocycles. The van der Waals surface area contributed by atoms with Gasteiger partial charge in [0.15, 0.2) is 0 Å². The Bertz CT molecular complexity index is 829. The number of hydrogen-bond acceptors (Lipinski definition) is 3. The number of rotatable bonds is 6. The van der Waals surface area contributed by atoms with E-state index in [0.29, 0.717) is 5.56 Å². The summed E-state index contributed by atoms with van der Waals surface area (Å²) in [5.74, 6) is -1.02. The van der Waals surface area contributed by atoms with Gasteiger partial charge in [0.1, 0.15) is 16.5 Å². The molecular formula is C16H17ClF2N2O2S. The Morgan fingerprint density at radius 1 is 1.12 bits per heavy atom. The van der Waals surface area contributed by atoms with Crippen LogP contribution in [0.15, 0.2) is 47.4 Å². The zero-order chi connectivity index (χ0) is 17.9. The molecule has 1 atom stereocenters. The van der Waals surface area contributed by atoms with Gasteiger partial charge in [-0.3, -0.25) is 0 Å². The molecule has 24 heavy (non-hydrogen) atoms. The van der Waals surface area contributed by atoms with Crippen LogP contribution in [-0.2, 0) is 10.0 Å². The molecule has 2 aromatic rings. The van der Waals surface area contributed by atoms with Gasteiger partial charge in [0.25, 0.3) is 0 Å². The molecule has 0 fully saturated rings. The normalized spacial score (nSPS) is 13.2. The monoisotopic (exact) mass is 374 g/mol. The molecule has 0 aliphatic carbocycles. The number of sulfonamides is 1. The van der Waals surface area contributed by atoms with Gasteiger partial charge in [0.05, 0.1) is 5.02 Å². The van der Waals surface area contributed by atoms with Crippen molar-refractivity contribution in [2.45, 2.75) is 10.9 Å². The molecule has 2 aromatic carbocycles. The van der Waals surface area contributed by atoms with Crippen LogP contribution in [0, 0.1) is 11.6 Å². The molecule has 0 radical (unpaired) electrons. The molecule has 4 nitrogen and oxygen atoms in total. The van der Waals surface area contributed by atoms with Gasteiger partial charge in [0, 0.05) is 12.6 Å². The third-order valence-electron chi connectivity index (χ3n) is 3.51. The average Bonchev–Trinajstić information content (AvgIpc) is 2.46. The van der Waals surface area contributed by atoms with E-state index in [1.54, 1.807) is 31.1 Å². The second kappa shape index (κ2) is 7.57. The molecule has 0 aliphatic heterocycles. The fourth-order valence-electron chi connectivity index (χ4n) is 2.27. The third kappa shape index (κ3) is 4.51. The number of hydrogen-bond donors (Lipinski definition) is 1. The molecule has 0 aliphatic rings. The van der Waals surface area contributed by atoms with Gasteiger partial charge >= 0.3 is 0 Å². The Morgan fingerprint density at radius 3 is 2.38 bits per heavy atom. The highest BCUT2D eigenvalue weighted by Crippen LogP contribution is 2.23. The minimum atomic E-state index is -3.92. The number of halogens is 3. The summed E-state index contributed by atoms with van der Waals surface area (Å²) in [5, 5.41) is -0.199. The maximum atomic E-state index is 13.4. The van der Waals surface area contributed by atoms with E-state index in [2.05, 4.69) is 4.72 Å². The summed E-state index contributed by atoms with van der Waals surface area (Å²) >= 11 is 5.81. The topological polar surface area (TPSA) is 49.4 Å². The molecule has 0 amide bonds. The molecule has 0 unspecified atom stereocenters. The lowest BCUT2D eigenvalue weighted by atomic mass is 10.1. The first-order chi connectivity index (χ1) is 11.2. The molecule has 0 saturated carbocycles. The summed E-state index contributed by atoms with van der Waals surface area (Å²) in [7, 11) is -0.406. The van der Waals surface area contributed by atoms with Gasteiger partial charge in [-0.05, 0) is 50.0 Å². The lowest BCUT2D eigenvalue weighted by Crippen LogP contribution is -2.34. The molecule has 0 aromatic heterocycles. The van der Waals surface area contributed by atoms with Crippen LogP contribution < -0.4 is 4.72 Å². The zero-order valence-corrected chi connectivity index (χ0v) is 14.7. The molecular weight excluding hydrogens is 358 g/mol. The molecule has 130 valence electrons. The first kappa shape index (κ1) is 18.8. The van der Waals surface area contributed by atoms with Crippen molar-refractivity contribution in [1.29, 1.82) is 0 Å². The third-order valence-corrected chi connectivity index (χ3v) is 5.41. The van der Waals surface area contributed by atoms with Crippen molar-refractivity contribution < 1.29 is 17.2 Å². The summed E-state index contributed by atoms with van der Waals surface area (Å²) in [6.45, 7) is 0.00644. The van der Waals surface area contributed by atoms with Gasteiger partial charge in [0.2, 0.25) is 10.0 Å². The quantitative estimate of drug-likeness (QED) is 0.844. The van der Waals surface area contributed by atoms with E-state index >= 15 is 0 Å². The molecule has 2 rings (SSSR count). The standard InChI is InChI=1S/C16H17ClF2N2O2S/c1-21(2)15(11-4-3-5-12(18)8-11)10-20-24(22,23)16-7-6-13(19)9-14(16)17/h3-9,15,20H,10H2,1-2H3/t15-/m0/s1. The number of likely N-dealkylation sites (N-methyl/N-ethyl adjacent to an activating group) is 1. The first-order valence-electron chi connectivity index (χ1n) is 7.07. The number of benzene rings is 2. The maximum absolute atomic E-state index is 13.4. The largest absolute Gasteiger partial charge is 0.301 e. The van der Waals surface area contributed by atoms with E-state index in [0.717, 1.165) is 18.2 Å². The Morgan fingerprint density at radius 2 is 1.79 bits per heavy atom. The van der Waals surface area contributed by atoms with E-state index in [1.165, 1.54) is 12.1 Å². The Balaban J connectivity index is 2.22. The second-order valence-electron chi connectivity index (χ2n) is 5.46. The van der Waals surface area contributed by atoms with E-state index < -0.39 is 21.7 Å². The van der Waals surface area contributed by atoms with Crippen molar-refractivity contribution >= 4 is 21.6 Å². The highest BCUT2D eigenvalue weighted by atomic mass is 35.5. The first-order valence-corrected chi connectivity index (χ1v) is 8.93. The van der Waals surface area contributed by atoms with Crippen LogP contribution >= 0.6 is 11.6 Å². The van der Waals surface area contributed by atoms with Crippen LogP contribution in [-0.4, -0.2) is 34.0 Å². The molecule has 1 N–H and O–H groups in total. The summed E-state index contributed by atoms with van der Waals surface area (Å²) in [5.41, 5.74) is 0.632. The van der Waals surface area contributed by atoms with Crippen LogP contribution in [0.25, 0.3) is 0 Å². The van der Waals surface area contributed by atoms with Crippen molar-refractivity contribution in [2.24, 2.45) is 0 Å². The minimum Gasteiger partial charge on any atom is -0.301 e. The molecule has 0 spiro atoms. The van der Waals surface area contributed by atoms with Crippen LogP contribution in [0.2, 0.25) is 5.02 Å². The van der Waals surface area contributed by atoms with Gasteiger partial charge in [-0.1, -0.05) is 23.7 Å². The SMILES string of the molecule is CN(C)[C@@H](CNS(=O)(=O)c1ccc(F)cc1Cl)c1cccc(F)c1. The fourth-order valence-corrected chi connectivity index (χ4v) is 3.84. The Hall–Kier alpha value is -1.54. The fraction of sp³-hybridized carbons (Fsp3) is 0.250. The summed E-state index contributed by atoms with van der Waals surface area (Å²) in [4.78, 5) is 1.56. The van der Waals surface area contributed by atoms with E-state index in [9.17, 15) is 17.2 Å². The maximum Gasteiger partial charge on any atom is 0.242 e. The molecule has 0 heterocycles. The van der Waals surface area contributed by atoms with Crippen LogP contribution in [0.4, 0.5) is 8.78 Å². The van der Waals surface area contributed by atoms with E-state index in [1.807, 2.05) is 0 Å². The van der Waals surface area contributed by atoms with Gasteiger partial charge < -0.3 is 4.90 Å². The highest BCUT2D eigenvalue weighted by Gasteiger charge is 2.22. The van der Waals surface area contributed by atoms with E-state index in [4.69, 9.17) is 11.6 Å². The van der Waals surface area contributed by atoms with Crippen LogP contribution in [0.3, 0.4) is 0 Å². The summed E-state index contributed by atoms with van der Waals surface area (Å²) in [6, 6.07) is 8.63. The van der Waals surface area contributed by atoms with Crippen molar-refractivity contribution in [2.75, 3.05) is 20.6 Å². The molecule has 8 heteroatoms. The van der Waals surface area contributed by atoms with Crippen molar-refractivity contribution in [3.63, 3.8) is 0 Å². The lowest BCUT2D eigenvalue weighted by molar-refractivity contribution is 0.299. The predicted octanol–water partition coefficient (Wildman–Crippen LogP) is 3.20.